The van der Waals surface area contributed by atoms with Gasteiger partial charge in [0.25, 0.3) is 0 Å². The van der Waals surface area contributed by atoms with Gasteiger partial charge in [0.15, 0.2) is 8.32 Å². The number of hydrogen-bond donors (Lipinski definition) is 1. The highest BCUT2D eigenvalue weighted by Crippen LogP contribution is 2.66. The van der Waals surface area contributed by atoms with Gasteiger partial charge in [-0.15, -0.1) is 0 Å². The Morgan fingerprint density at radius 1 is 1.48 bits per heavy atom. The van der Waals surface area contributed by atoms with E-state index < -0.39 is 13.9 Å². The Morgan fingerprint density at radius 2 is 2.14 bits per heavy atom. The third kappa shape index (κ3) is 2.11. The molecule has 0 unspecified atom stereocenters. The van der Waals surface area contributed by atoms with Crippen LogP contribution in [0.5, 0.6) is 0 Å². The van der Waals surface area contributed by atoms with Gasteiger partial charge in [-0.05, 0) is 63.4 Å². The Hall–Kier alpha value is -0.713. The molecular formula is C17H26O3Si. The molecule has 21 heavy (non-hydrogen) atoms. The average Bonchev–Trinajstić information content (AvgIpc) is 3.20. The van der Waals surface area contributed by atoms with Crippen molar-refractivity contribution < 1.29 is 14.3 Å². The van der Waals surface area contributed by atoms with Crippen molar-refractivity contribution in [2.75, 3.05) is 0 Å². The highest BCUT2D eigenvalue weighted by molar-refractivity contribution is 6.71. The highest BCUT2D eigenvalue weighted by atomic mass is 28.4. The van der Waals surface area contributed by atoms with Gasteiger partial charge in [0, 0.05) is 11.8 Å². The topological polar surface area (TPSA) is 46.5 Å². The molecule has 0 aromatic heterocycles. The fraction of sp³-hybridized carbons (Fsp3) is 0.706. The predicted molar refractivity (Wildman–Crippen MR) is 85.5 cm³/mol. The Morgan fingerprint density at radius 3 is 2.71 bits per heavy atom. The number of carbonyl (C=O) groups excluding carboxylic acids is 1. The van der Waals surface area contributed by atoms with E-state index in [4.69, 9.17) is 4.43 Å². The van der Waals surface area contributed by atoms with E-state index in [1.54, 1.807) is 0 Å². The zero-order valence-corrected chi connectivity index (χ0v) is 14.5. The monoisotopic (exact) mass is 306 g/mol. The largest absolute Gasteiger partial charge is 0.407 e. The van der Waals surface area contributed by atoms with Crippen LogP contribution < -0.4 is 0 Å². The van der Waals surface area contributed by atoms with Gasteiger partial charge >= 0.3 is 0 Å². The van der Waals surface area contributed by atoms with Crippen LogP contribution in [0.15, 0.2) is 22.8 Å². The maximum absolute atomic E-state index is 11.3. The molecule has 1 saturated carbocycles. The van der Waals surface area contributed by atoms with Crippen molar-refractivity contribution in [3.05, 3.63) is 22.8 Å². The van der Waals surface area contributed by atoms with Gasteiger partial charge in [-0.3, -0.25) is 0 Å². The van der Waals surface area contributed by atoms with E-state index >= 15 is 0 Å². The van der Waals surface area contributed by atoms with Crippen LogP contribution in [0.2, 0.25) is 19.1 Å². The number of rotatable bonds is 3. The summed E-state index contributed by atoms with van der Waals surface area (Å²) < 4.78 is 6.43. The van der Waals surface area contributed by atoms with Crippen molar-refractivity contribution in [3.8, 4) is 0 Å². The normalized spacial score (nSPS) is 36.2. The second-order valence-corrected chi connectivity index (χ2v) is 11.8. The Kier molecular flexibility index (Phi) is 3.36. The summed E-state index contributed by atoms with van der Waals surface area (Å²) in [5.41, 5.74) is 2.79. The van der Waals surface area contributed by atoms with E-state index in [0.717, 1.165) is 37.2 Å². The molecule has 0 amide bonds. The van der Waals surface area contributed by atoms with E-state index in [0.29, 0.717) is 6.42 Å². The number of fused-ring (bicyclic) bond motifs is 1. The van der Waals surface area contributed by atoms with E-state index in [1.807, 2.05) is 6.92 Å². The van der Waals surface area contributed by atoms with E-state index in [9.17, 15) is 9.90 Å². The van der Waals surface area contributed by atoms with Crippen LogP contribution in [0, 0.1) is 5.41 Å². The predicted octanol–water partition coefficient (Wildman–Crippen LogP) is 3.36. The van der Waals surface area contributed by atoms with Crippen LogP contribution in [0.3, 0.4) is 0 Å². The van der Waals surface area contributed by atoms with Gasteiger partial charge in [-0.2, -0.15) is 0 Å². The fourth-order valence-electron chi connectivity index (χ4n) is 4.27. The minimum absolute atomic E-state index is 0.116. The second kappa shape index (κ2) is 4.64. The molecule has 3 nitrogen and oxygen atoms in total. The van der Waals surface area contributed by atoms with Gasteiger partial charge in [-0.25, -0.2) is 0 Å². The van der Waals surface area contributed by atoms with Crippen LogP contribution >= 0.6 is 0 Å². The molecule has 0 aromatic rings. The molecule has 1 N–H and O–H groups in total. The molecule has 2 atom stereocenters. The van der Waals surface area contributed by atoms with E-state index in [-0.39, 0.29) is 11.5 Å². The maximum Gasteiger partial charge on any atom is 0.191 e. The van der Waals surface area contributed by atoms with Crippen LogP contribution in [-0.4, -0.2) is 31.4 Å². The SMILES string of the molecule is CC1=C(CCC=O)C2=CC[Si](C)(C)O[C@@H]2[C@](C)(O)C12CC2. The minimum Gasteiger partial charge on any atom is -0.407 e. The third-order valence-electron chi connectivity index (χ3n) is 5.79. The van der Waals surface area contributed by atoms with Crippen molar-refractivity contribution in [2.24, 2.45) is 5.41 Å². The van der Waals surface area contributed by atoms with Gasteiger partial charge in [0.1, 0.15) is 11.9 Å². The molecule has 3 rings (SSSR count). The molecule has 1 heterocycles. The zero-order chi connectivity index (χ0) is 15.5. The lowest BCUT2D eigenvalue weighted by atomic mass is 9.66. The fourth-order valence-corrected chi connectivity index (χ4v) is 6.07. The summed E-state index contributed by atoms with van der Waals surface area (Å²) in [5.74, 6) is 0. The van der Waals surface area contributed by atoms with Crippen LogP contribution in [-0.2, 0) is 9.22 Å². The van der Waals surface area contributed by atoms with Crippen molar-refractivity contribution >= 4 is 14.6 Å². The van der Waals surface area contributed by atoms with Gasteiger partial charge in [0.05, 0.1) is 6.10 Å². The van der Waals surface area contributed by atoms with Gasteiger partial charge in [-0.1, -0.05) is 11.6 Å². The Balaban J connectivity index is 2.10. The number of carbonyl (C=O) groups is 1. The molecule has 0 bridgehead atoms. The van der Waals surface area contributed by atoms with Crippen molar-refractivity contribution in [1.29, 1.82) is 0 Å². The summed E-state index contributed by atoms with van der Waals surface area (Å²) in [6.07, 6.45) is 6.46. The molecule has 1 spiro atoms. The van der Waals surface area contributed by atoms with Crippen molar-refractivity contribution in [2.45, 2.75) is 70.4 Å². The van der Waals surface area contributed by atoms with Crippen molar-refractivity contribution in [1.82, 2.24) is 0 Å². The molecule has 1 fully saturated rings. The lowest BCUT2D eigenvalue weighted by Gasteiger charge is -2.51. The van der Waals surface area contributed by atoms with E-state index in [2.05, 4.69) is 26.1 Å². The summed E-state index contributed by atoms with van der Waals surface area (Å²) in [7, 11) is -1.73. The number of aldehydes is 1. The summed E-state index contributed by atoms with van der Waals surface area (Å²) >= 11 is 0. The minimum atomic E-state index is -1.73. The standard InChI is InChI=1S/C17H26O3Si/c1-12-13(6-5-10-18)14-7-11-21(3,4)20-15(14)16(2,19)17(12)8-9-17/h7,10,15,19H,5-6,8-9,11H2,1-4H3/t15-,16-/m0/s1. The summed E-state index contributed by atoms with van der Waals surface area (Å²) in [5, 5.41) is 11.3. The first-order valence-corrected chi connectivity index (χ1v) is 11.1. The van der Waals surface area contributed by atoms with Gasteiger partial charge < -0.3 is 14.3 Å². The molecule has 1 aliphatic heterocycles. The maximum atomic E-state index is 11.3. The Bertz CT molecular complexity index is 538. The van der Waals surface area contributed by atoms with Gasteiger partial charge in [0.2, 0.25) is 0 Å². The molecule has 3 aliphatic rings. The smallest absolute Gasteiger partial charge is 0.191 e. The first kappa shape index (κ1) is 15.2. The van der Waals surface area contributed by atoms with Crippen LogP contribution in [0.1, 0.15) is 39.5 Å². The lowest BCUT2D eigenvalue weighted by molar-refractivity contribution is -0.107. The molecule has 4 heteroatoms. The molecule has 0 aromatic carbocycles. The van der Waals surface area contributed by atoms with Crippen LogP contribution in [0.4, 0.5) is 0 Å². The molecule has 116 valence electrons. The van der Waals surface area contributed by atoms with Crippen molar-refractivity contribution in [3.63, 3.8) is 0 Å². The zero-order valence-electron chi connectivity index (χ0n) is 13.5. The Labute approximate surface area is 128 Å². The lowest BCUT2D eigenvalue weighted by Crippen LogP contribution is -2.58. The summed E-state index contributed by atoms with van der Waals surface area (Å²) in [4.78, 5) is 10.8. The molecule has 2 aliphatic carbocycles. The molecule has 0 saturated heterocycles. The number of hydrogen-bond acceptors (Lipinski definition) is 3. The quantitative estimate of drug-likeness (QED) is 0.642. The number of aliphatic hydroxyl groups is 1. The second-order valence-electron chi connectivity index (χ2n) is 7.66. The number of allylic oxidation sites excluding steroid dienone is 1. The highest BCUT2D eigenvalue weighted by Gasteiger charge is 2.65. The average molecular weight is 306 g/mol. The third-order valence-corrected chi connectivity index (χ3v) is 7.85. The summed E-state index contributed by atoms with van der Waals surface area (Å²) in [6, 6.07) is 0.986. The van der Waals surface area contributed by atoms with E-state index in [1.165, 1.54) is 11.1 Å². The molecule has 0 radical (unpaired) electrons. The molecular weight excluding hydrogens is 280 g/mol. The summed E-state index contributed by atoms with van der Waals surface area (Å²) in [6.45, 7) is 8.53. The first-order chi connectivity index (χ1) is 9.75. The first-order valence-electron chi connectivity index (χ1n) is 8.00. The van der Waals surface area contributed by atoms with Crippen LogP contribution in [0.25, 0.3) is 0 Å².